The Labute approximate surface area is 320 Å². The van der Waals surface area contributed by atoms with Crippen molar-refractivity contribution >= 4 is 11.4 Å². The van der Waals surface area contributed by atoms with Gasteiger partial charge < -0.3 is 14.5 Å². The van der Waals surface area contributed by atoms with E-state index in [0.717, 1.165) is 28.2 Å². The summed E-state index contributed by atoms with van der Waals surface area (Å²) in [4.78, 5) is 4.31. The van der Waals surface area contributed by atoms with Crippen molar-refractivity contribution < 1.29 is 25.8 Å². The Balaban J connectivity index is 0.00000504. The molecule has 0 N–H and O–H groups in total. The van der Waals surface area contributed by atoms with Gasteiger partial charge in [0.05, 0.1) is 6.20 Å². The van der Waals surface area contributed by atoms with Crippen molar-refractivity contribution in [3.63, 3.8) is 0 Å². The van der Waals surface area contributed by atoms with Gasteiger partial charge in [-0.2, -0.15) is 11.2 Å². The summed E-state index contributed by atoms with van der Waals surface area (Å²) in [6.45, 7) is 26.9. The van der Waals surface area contributed by atoms with E-state index in [1.54, 1.807) is 0 Å². The normalized spacial score (nSPS) is 13.8. The largest absolute Gasteiger partial charge is 0.509 e. The topological polar surface area (TPSA) is 33.5 Å². The molecule has 0 amide bonds. The Hall–Kier alpha value is -4.08. The molecule has 0 fully saturated rings. The number of nitrogens with zero attached hydrogens (tertiary/aromatic N) is 4. The molecule has 0 atom stereocenters. The Morgan fingerprint density at radius 2 is 1.16 bits per heavy atom. The molecule has 4 aromatic carbocycles. The second kappa shape index (κ2) is 14.1. The number of benzene rings is 4. The number of anilines is 2. The molecule has 0 saturated carbocycles. The van der Waals surface area contributed by atoms with Crippen molar-refractivity contribution in [2.75, 3.05) is 9.80 Å². The van der Waals surface area contributed by atoms with Gasteiger partial charge in [-0.15, -0.1) is 54.3 Å². The molecule has 0 unspecified atom stereocenters. The van der Waals surface area contributed by atoms with Crippen molar-refractivity contribution in [2.45, 2.75) is 97.8 Å². The van der Waals surface area contributed by atoms with Gasteiger partial charge in [-0.1, -0.05) is 113 Å². The minimum absolute atomic E-state index is 0. The maximum absolute atomic E-state index is 6.51. The number of aromatic nitrogens is 2. The molecule has 5 nitrogen and oxygen atoms in total. The van der Waals surface area contributed by atoms with Crippen LogP contribution >= 0.6 is 0 Å². The van der Waals surface area contributed by atoms with Crippen molar-refractivity contribution in [2.24, 2.45) is 0 Å². The summed E-state index contributed by atoms with van der Waals surface area (Å²) >= 11 is 0. The molecule has 51 heavy (non-hydrogen) atoms. The van der Waals surface area contributed by atoms with Crippen LogP contribution in [0.2, 0.25) is 0 Å². The minimum Gasteiger partial charge on any atom is -0.509 e. The van der Waals surface area contributed by atoms with Gasteiger partial charge in [0, 0.05) is 55.4 Å². The van der Waals surface area contributed by atoms with Gasteiger partial charge in [-0.25, -0.2) is 0 Å². The maximum atomic E-state index is 6.51. The molecule has 0 spiro atoms. The number of ether oxygens (including phenoxy) is 1. The summed E-state index contributed by atoms with van der Waals surface area (Å²) in [7, 11) is 0. The molecule has 1 aromatic heterocycles. The Kier molecular flexibility index (Phi) is 10.6. The summed E-state index contributed by atoms with van der Waals surface area (Å²) in [6, 6.07) is 34.7. The van der Waals surface area contributed by atoms with Gasteiger partial charge in [0.2, 0.25) is 0 Å². The predicted molar refractivity (Wildman–Crippen MR) is 207 cm³/mol. The summed E-state index contributed by atoms with van der Waals surface area (Å²) in [5, 5.41) is 4.71. The standard InChI is InChI=1S/C45H51N4O.Pt/c1-42(2,3)33-22-34(43(4,5)6)24-38(23-33)47-20-21-48(31-47)39-25-35(44(7,8)9)26-41(28-39)50-40-19-15-18-37(27-40)49-30-36(29-46-49)45(10,11)32-16-13-12-14-17-32;/h12-26,29-31H,1-11H3;/q-3;. The molecule has 6 heteroatoms. The number of rotatable bonds is 7. The molecule has 2 heterocycles. The van der Waals surface area contributed by atoms with Crippen LogP contribution in [-0.4, -0.2) is 9.78 Å². The summed E-state index contributed by atoms with van der Waals surface area (Å²) in [5.41, 5.74) is 8.81. The average molecular weight is 859 g/mol. The third-order valence-corrected chi connectivity index (χ3v) is 9.58. The summed E-state index contributed by atoms with van der Waals surface area (Å²) in [5.74, 6) is 1.24. The van der Waals surface area contributed by atoms with Gasteiger partial charge in [0.1, 0.15) is 0 Å². The van der Waals surface area contributed by atoms with Crippen LogP contribution in [0.3, 0.4) is 0 Å². The molecular formula is C45H51N4OPt-3. The molecule has 1 aliphatic heterocycles. The smallest absolute Gasteiger partial charge is 0.0534 e. The molecule has 6 rings (SSSR count). The Bertz CT molecular complexity index is 1970. The molecule has 1 aliphatic rings. The first kappa shape index (κ1) is 38.2. The van der Waals surface area contributed by atoms with E-state index in [0.29, 0.717) is 11.5 Å². The average Bonchev–Trinajstić information content (AvgIpc) is 3.76. The van der Waals surface area contributed by atoms with E-state index in [1.165, 1.54) is 16.7 Å². The molecule has 0 saturated heterocycles. The van der Waals surface area contributed by atoms with E-state index in [-0.39, 0.29) is 42.7 Å². The minimum atomic E-state index is -0.187. The van der Waals surface area contributed by atoms with Crippen LogP contribution in [0, 0.1) is 18.8 Å². The van der Waals surface area contributed by atoms with Crippen LogP contribution in [0.15, 0.2) is 104 Å². The third-order valence-electron chi connectivity index (χ3n) is 9.58. The molecular weight excluding hydrogens is 808 g/mol. The van der Waals surface area contributed by atoms with Gasteiger partial charge >= 0.3 is 0 Å². The number of hydrogen-bond acceptors (Lipinski definition) is 4. The zero-order valence-corrected chi connectivity index (χ0v) is 34.2. The second-order valence-corrected chi connectivity index (χ2v) is 17.0. The monoisotopic (exact) mass is 858 g/mol. The van der Waals surface area contributed by atoms with E-state index >= 15 is 0 Å². The van der Waals surface area contributed by atoms with Gasteiger partial charge in [-0.3, -0.25) is 4.68 Å². The fraction of sp³-hybridized carbons (Fsp3) is 0.333. The third kappa shape index (κ3) is 8.53. The fourth-order valence-electron chi connectivity index (χ4n) is 5.98. The van der Waals surface area contributed by atoms with Crippen LogP contribution in [0.1, 0.15) is 104 Å². The predicted octanol–water partition coefficient (Wildman–Crippen LogP) is 11.4. The van der Waals surface area contributed by atoms with E-state index in [2.05, 4.69) is 178 Å². The van der Waals surface area contributed by atoms with Crippen molar-refractivity contribution in [3.05, 3.63) is 150 Å². The number of hydrogen-bond donors (Lipinski definition) is 0. The zero-order chi connectivity index (χ0) is 36.1. The second-order valence-electron chi connectivity index (χ2n) is 17.0. The van der Waals surface area contributed by atoms with E-state index in [9.17, 15) is 0 Å². The van der Waals surface area contributed by atoms with Crippen LogP contribution in [0.25, 0.3) is 5.69 Å². The van der Waals surface area contributed by atoms with E-state index in [1.807, 2.05) is 35.1 Å². The SMILES string of the molecule is CC(C)(C)c1cc(Oc2[c-]c(-n3cc(C(C)(C)c4ccccc4)cn3)ccc2)[c-]c(N2C=CN(c3cc(C(C)(C)C)cc(C(C)(C)C)c3)[CH-]2)c1.[Pt]. The fourth-order valence-corrected chi connectivity index (χ4v) is 5.98. The molecule has 0 bridgehead atoms. The Morgan fingerprint density at radius 3 is 1.78 bits per heavy atom. The summed E-state index contributed by atoms with van der Waals surface area (Å²) < 4.78 is 8.37. The maximum Gasteiger partial charge on any atom is 0.0534 e. The van der Waals surface area contributed by atoms with Crippen molar-refractivity contribution in [1.29, 1.82) is 0 Å². The first-order valence-corrected chi connectivity index (χ1v) is 17.5. The van der Waals surface area contributed by atoms with Gasteiger partial charge in [0.15, 0.2) is 0 Å². The zero-order valence-electron chi connectivity index (χ0n) is 31.9. The van der Waals surface area contributed by atoms with Crippen molar-refractivity contribution in [3.8, 4) is 17.2 Å². The first-order chi connectivity index (χ1) is 23.4. The van der Waals surface area contributed by atoms with E-state index < -0.39 is 0 Å². The summed E-state index contributed by atoms with van der Waals surface area (Å²) in [6.07, 6.45) is 8.21. The van der Waals surface area contributed by atoms with Crippen LogP contribution < -0.4 is 14.5 Å². The molecule has 5 aromatic rings. The molecule has 0 aliphatic carbocycles. The van der Waals surface area contributed by atoms with E-state index in [4.69, 9.17) is 9.84 Å². The Morgan fingerprint density at radius 1 is 0.569 bits per heavy atom. The van der Waals surface area contributed by atoms with Crippen LogP contribution in [0.4, 0.5) is 11.4 Å². The van der Waals surface area contributed by atoms with Gasteiger partial charge in [0.25, 0.3) is 0 Å². The van der Waals surface area contributed by atoms with Gasteiger partial charge in [-0.05, 0) is 63.2 Å². The molecule has 0 radical (unpaired) electrons. The van der Waals surface area contributed by atoms with Crippen molar-refractivity contribution in [1.82, 2.24) is 9.78 Å². The quantitative estimate of drug-likeness (QED) is 0.153. The molecule has 270 valence electrons. The first-order valence-electron chi connectivity index (χ1n) is 17.5. The van der Waals surface area contributed by atoms with Crippen LogP contribution in [0.5, 0.6) is 11.5 Å². The van der Waals surface area contributed by atoms with Crippen LogP contribution in [-0.2, 0) is 42.7 Å².